The Morgan fingerprint density at radius 1 is 1.03 bits per heavy atom. The molecule has 0 unspecified atom stereocenters. The summed E-state index contributed by atoms with van der Waals surface area (Å²) >= 11 is 1.58. The Kier molecular flexibility index (Phi) is 6.54. The van der Waals surface area contributed by atoms with Crippen molar-refractivity contribution in [2.24, 2.45) is 10.1 Å². The van der Waals surface area contributed by atoms with Gasteiger partial charge in [-0.3, -0.25) is 15.1 Å². The molecule has 7 heteroatoms. The molecule has 0 aliphatic carbocycles. The van der Waals surface area contributed by atoms with E-state index in [9.17, 15) is 4.79 Å². The highest BCUT2D eigenvalue weighted by atomic mass is 32.2. The standard InChI is InChI=1S/C27H28N4O2S/c1-3-5-10-17-34-27-29-26(32)24-20-13-8-9-14-21(20)28-25(31(24)30-27)23-19-12-7-6-11-18(19)15-16-22(23)33-4-2/h6-9,11-16,25H,3-5,10,17H2,1-2H3,(H,29,30,32)/t25-/m1/s1. The van der Waals surface area contributed by atoms with Gasteiger partial charge >= 0.3 is 0 Å². The van der Waals surface area contributed by atoms with Crippen LogP contribution in [0.5, 0.6) is 5.75 Å². The maximum absolute atomic E-state index is 13.4. The molecule has 0 saturated heterocycles. The van der Waals surface area contributed by atoms with Gasteiger partial charge in [-0.05, 0) is 36.2 Å². The molecule has 1 amide bonds. The number of carbonyl (C=O) groups is 1. The van der Waals surface area contributed by atoms with Crippen LogP contribution < -0.4 is 20.6 Å². The molecule has 3 aromatic rings. The van der Waals surface area contributed by atoms with Gasteiger partial charge in [-0.1, -0.05) is 80.1 Å². The van der Waals surface area contributed by atoms with Crippen LogP contribution >= 0.6 is 11.8 Å². The predicted octanol–water partition coefficient (Wildman–Crippen LogP) is 4.30. The van der Waals surface area contributed by atoms with Gasteiger partial charge in [0.25, 0.3) is 5.91 Å². The van der Waals surface area contributed by atoms with E-state index in [1.807, 2.05) is 49.4 Å². The Hall–Kier alpha value is -3.32. The largest absolute Gasteiger partial charge is 0.493 e. The Balaban J connectivity index is 1.70. The minimum atomic E-state index is -0.519. The molecule has 5 rings (SSSR count). The zero-order valence-electron chi connectivity index (χ0n) is 19.5. The smallest absolute Gasteiger partial charge is 0.276 e. The number of amidine groups is 1. The minimum Gasteiger partial charge on any atom is -0.493 e. The van der Waals surface area contributed by atoms with E-state index in [1.54, 1.807) is 16.8 Å². The first-order valence-corrected chi connectivity index (χ1v) is 12.8. The van der Waals surface area contributed by atoms with Crippen molar-refractivity contribution in [1.82, 2.24) is 10.3 Å². The van der Waals surface area contributed by atoms with E-state index in [1.165, 1.54) is 0 Å². The number of fused-ring (bicyclic) bond motifs is 3. The second kappa shape index (κ2) is 9.89. The third kappa shape index (κ3) is 4.16. The maximum atomic E-state index is 13.4. The van der Waals surface area contributed by atoms with Crippen molar-refractivity contribution in [3.05, 3.63) is 76.8 Å². The fourth-order valence-corrected chi connectivity index (χ4v) is 5.28. The van der Waals surface area contributed by atoms with Gasteiger partial charge in [0, 0.05) is 16.5 Å². The molecule has 1 N–H and O–H groups in total. The highest BCUT2D eigenvalue weighted by Gasteiger charge is 2.36. The minimum absolute atomic E-state index is 0.154. The number of nitrogens with zero attached hydrogens (tertiary/aromatic N) is 3. The predicted molar refractivity (Wildman–Crippen MR) is 138 cm³/mol. The number of para-hydroxylation sites is 1. The first-order valence-electron chi connectivity index (χ1n) is 11.8. The molecule has 0 bridgehead atoms. The molecule has 3 aromatic carbocycles. The number of benzene rings is 3. The SMILES string of the molecule is CCCCCSC1=NN2C(=c3ccccc3=N[C@H]2c2c(OCC)ccc3ccccc23)C(=O)N1. The van der Waals surface area contributed by atoms with Crippen molar-refractivity contribution < 1.29 is 9.53 Å². The molecule has 34 heavy (non-hydrogen) atoms. The molecular weight excluding hydrogens is 444 g/mol. The Bertz CT molecular complexity index is 1380. The van der Waals surface area contributed by atoms with Crippen molar-refractivity contribution in [3.8, 4) is 5.75 Å². The van der Waals surface area contributed by atoms with Gasteiger partial charge < -0.3 is 4.74 Å². The number of rotatable bonds is 7. The highest BCUT2D eigenvalue weighted by Crippen LogP contribution is 2.40. The molecule has 2 heterocycles. The van der Waals surface area contributed by atoms with Crippen LogP contribution in [0, 0.1) is 0 Å². The molecule has 1 atom stereocenters. The van der Waals surface area contributed by atoms with Crippen molar-refractivity contribution in [2.75, 3.05) is 12.4 Å². The summed E-state index contributed by atoms with van der Waals surface area (Å²) in [5.74, 6) is 1.51. The molecule has 0 saturated carbocycles. The average molecular weight is 473 g/mol. The number of thioether (sulfide) groups is 1. The number of carbonyl (C=O) groups excluding carboxylic acids is 1. The maximum Gasteiger partial charge on any atom is 0.276 e. The topological polar surface area (TPSA) is 66.3 Å². The van der Waals surface area contributed by atoms with Crippen LogP contribution in [-0.2, 0) is 4.79 Å². The zero-order chi connectivity index (χ0) is 23.5. The zero-order valence-corrected chi connectivity index (χ0v) is 20.3. The number of ether oxygens (including phenoxy) is 1. The van der Waals surface area contributed by atoms with Crippen molar-refractivity contribution in [2.45, 2.75) is 39.3 Å². The fourth-order valence-electron chi connectivity index (χ4n) is 4.42. The Labute approximate surface area is 203 Å². The van der Waals surface area contributed by atoms with Gasteiger partial charge in [-0.15, -0.1) is 5.10 Å². The van der Waals surface area contributed by atoms with Crippen LogP contribution in [0.3, 0.4) is 0 Å². The lowest BCUT2D eigenvalue weighted by molar-refractivity contribution is -0.116. The number of hydrazone groups is 1. The lowest BCUT2D eigenvalue weighted by Crippen LogP contribution is -2.50. The highest BCUT2D eigenvalue weighted by molar-refractivity contribution is 8.13. The lowest BCUT2D eigenvalue weighted by Gasteiger charge is -2.35. The van der Waals surface area contributed by atoms with Gasteiger partial charge in [-0.2, -0.15) is 0 Å². The van der Waals surface area contributed by atoms with Crippen LogP contribution in [0.4, 0.5) is 0 Å². The van der Waals surface area contributed by atoms with Gasteiger partial charge in [0.15, 0.2) is 11.3 Å². The molecule has 0 radical (unpaired) electrons. The summed E-state index contributed by atoms with van der Waals surface area (Å²) < 4.78 is 6.06. The van der Waals surface area contributed by atoms with E-state index in [-0.39, 0.29) is 5.91 Å². The molecule has 0 aromatic heterocycles. The van der Waals surface area contributed by atoms with Gasteiger partial charge in [0.2, 0.25) is 0 Å². The third-order valence-electron chi connectivity index (χ3n) is 5.99. The summed E-state index contributed by atoms with van der Waals surface area (Å²) in [6.45, 7) is 4.69. The quantitative estimate of drug-likeness (QED) is 0.521. The molecule has 174 valence electrons. The Morgan fingerprint density at radius 3 is 2.71 bits per heavy atom. The Morgan fingerprint density at radius 2 is 1.85 bits per heavy atom. The van der Waals surface area contributed by atoms with E-state index in [0.717, 1.165) is 57.7 Å². The monoisotopic (exact) mass is 472 g/mol. The molecule has 0 spiro atoms. The summed E-state index contributed by atoms with van der Waals surface area (Å²) in [6, 6.07) is 20.0. The number of unbranched alkanes of at least 4 members (excludes halogenated alkanes) is 2. The van der Waals surface area contributed by atoms with Gasteiger partial charge in [0.05, 0.1) is 12.0 Å². The number of amides is 1. The van der Waals surface area contributed by atoms with Gasteiger partial charge in [-0.25, -0.2) is 5.01 Å². The summed E-state index contributed by atoms with van der Waals surface area (Å²) in [5, 5.41) is 14.0. The van der Waals surface area contributed by atoms with E-state index >= 15 is 0 Å². The molecule has 2 aliphatic rings. The number of hydrogen-bond acceptors (Lipinski definition) is 6. The lowest BCUT2D eigenvalue weighted by atomic mass is 9.99. The van der Waals surface area contributed by atoms with Crippen LogP contribution in [0.1, 0.15) is 44.8 Å². The first kappa shape index (κ1) is 22.5. The third-order valence-corrected chi connectivity index (χ3v) is 6.94. The second-order valence-electron chi connectivity index (χ2n) is 8.26. The van der Waals surface area contributed by atoms with Crippen molar-refractivity contribution >= 4 is 39.3 Å². The van der Waals surface area contributed by atoms with E-state index in [4.69, 9.17) is 14.8 Å². The summed E-state index contributed by atoms with van der Waals surface area (Å²) in [5.41, 5.74) is 1.43. The van der Waals surface area contributed by atoms with Crippen LogP contribution in [0.15, 0.2) is 70.8 Å². The molecule has 6 nitrogen and oxygen atoms in total. The van der Waals surface area contributed by atoms with E-state index in [2.05, 4.69) is 30.4 Å². The summed E-state index contributed by atoms with van der Waals surface area (Å²) in [4.78, 5) is 18.5. The first-order chi connectivity index (χ1) is 16.7. The van der Waals surface area contributed by atoms with Crippen LogP contribution in [0.2, 0.25) is 0 Å². The van der Waals surface area contributed by atoms with E-state index in [0.29, 0.717) is 17.5 Å². The van der Waals surface area contributed by atoms with Crippen molar-refractivity contribution in [3.63, 3.8) is 0 Å². The fraction of sp³-hybridized carbons (Fsp3) is 0.296. The number of nitrogens with one attached hydrogen (secondary N) is 1. The summed E-state index contributed by atoms with van der Waals surface area (Å²) in [6.07, 6.45) is 2.88. The summed E-state index contributed by atoms with van der Waals surface area (Å²) in [7, 11) is 0. The van der Waals surface area contributed by atoms with Crippen LogP contribution in [0.25, 0.3) is 16.5 Å². The molecule has 0 fully saturated rings. The van der Waals surface area contributed by atoms with Crippen molar-refractivity contribution in [1.29, 1.82) is 0 Å². The average Bonchev–Trinajstić information content (AvgIpc) is 2.86. The van der Waals surface area contributed by atoms with Crippen LogP contribution in [-0.4, -0.2) is 28.4 Å². The molecular formula is C27H28N4O2S. The number of hydrogen-bond donors (Lipinski definition) is 1. The van der Waals surface area contributed by atoms with E-state index < -0.39 is 6.17 Å². The second-order valence-corrected chi connectivity index (χ2v) is 9.34. The normalized spacial score (nSPS) is 16.9. The van der Waals surface area contributed by atoms with Gasteiger partial charge in [0.1, 0.15) is 11.4 Å². The molecule has 2 aliphatic heterocycles.